The minimum Gasteiger partial charge on any atom is -0.412 e. The fourth-order valence-corrected chi connectivity index (χ4v) is 0. The normalized spacial score (nSPS) is 0. The van der Waals surface area contributed by atoms with Crippen LogP contribution in [0.2, 0.25) is 0 Å². The third-order valence-electron chi connectivity index (χ3n) is 0. The third-order valence-corrected chi connectivity index (χ3v) is 0. The molecule has 40 nitrogen and oxygen atoms in total. The molecule has 0 saturated heterocycles. The standard InChI is InChI=1S/40H2O.12W.Zn/h40*1H2;;;;;;;;;;;;;. The van der Waals surface area contributed by atoms with E-state index < -0.39 is 0 Å². The van der Waals surface area contributed by atoms with E-state index in [0.29, 0.717) is 0 Å². The van der Waals surface area contributed by atoms with E-state index in [4.69, 9.17) is 0 Å². The predicted molar refractivity (Wildman–Crippen MR) is 145 cm³/mol. The molecule has 0 amide bonds. The summed E-state index contributed by atoms with van der Waals surface area (Å²) in [4.78, 5) is 0. The van der Waals surface area contributed by atoms with Gasteiger partial charge in [-0.1, -0.05) is 0 Å². The Morgan fingerprint density at radius 1 is 0.0566 bits per heavy atom. The van der Waals surface area contributed by atoms with Gasteiger partial charge in [0.25, 0.3) is 0 Å². The number of rotatable bonds is 0. The largest absolute Gasteiger partial charge is 0.412 e. The van der Waals surface area contributed by atoms with Crippen LogP contribution in [0.3, 0.4) is 0 Å². The van der Waals surface area contributed by atoms with Gasteiger partial charge in [-0.3, -0.25) is 0 Å². The molecule has 0 aliphatic rings. The van der Waals surface area contributed by atoms with Crippen molar-refractivity contribution in [2.75, 3.05) is 0 Å². The van der Waals surface area contributed by atoms with E-state index in [1.807, 2.05) is 0 Å². The summed E-state index contributed by atoms with van der Waals surface area (Å²) in [6, 6.07) is 0. The van der Waals surface area contributed by atoms with E-state index in [1.165, 1.54) is 0 Å². The molecule has 0 unspecified atom stereocenters. The maximum atomic E-state index is 0. The third kappa shape index (κ3) is 3670. The Kier molecular flexibility index (Phi) is 286000. The van der Waals surface area contributed by atoms with E-state index in [9.17, 15) is 0 Å². The first kappa shape index (κ1) is 3990. The molecule has 80 N–H and O–H groups in total. The first-order valence-electron chi connectivity index (χ1n) is 0. The Morgan fingerprint density at radius 3 is 0.0566 bits per heavy atom. The smallest absolute Gasteiger partial charge is 0 e. The second-order valence-corrected chi connectivity index (χ2v) is 0. The summed E-state index contributed by atoms with van der Waals surface area (Å²) in [5.74, 6) is 0. The van der Waals surface area contributed by atoms with Crippen molar-refractivity contribution in [3.05, 3.63) is 0 Å². The number of hydrogen-bond donors (Lipinski definition) is 0. The minimum atomic E-state index is 0. The summed E-state index contributed by atoms with van der Waals surface area (Å²) in [5.41, 5.74) is 0. The Bertz CT molecular complexity index is 47.7. The maximum Gasteiger partial charge on any atom is 0 e. The van der Waals surface area contributed by atoms with Crippen molar-refractivity contribution in [3.63, 3.8) is 0 Å². The van der Waals surface area contributed by atoms with Crippen LogP contribution in [0.15, 0.2) is 0 Å². The molecule has 0 spiro atoms. The summed E-state index contributed by atoms with van der Waals surface area (Å²) in [6.07, 6.45) is 0. The molecule has 0 rings (SSSR count). The van der Waals surface area contributed by atoms with Crippen molar-refractivity contribution in [1.82, 2.24) is 0 Å². The molecule has 0 radical (unpaired) electrons. The molecule has 0 atom stereocenters. The Hall–Kier alpha value is 7.28. The monoisotopic (exact) mass is 2990 g/mol. The first-order valence-corrected chi connectivity index (χ1v) is 0. The van der Waals surface area contributed by atoms with Gasteiger partial charge in [0, 0.05) is 272 Å². The van der Waals surface area contributed by atoms with Crippen LogP contribution in [0.4, 0.5) is 0 Å². The summed E-state index contributed by atoms with van der Waals surface area (Å²) in [7, 11) is 0. The molecule has 53 heteroatoms. The van der Waals surface area contributed by atoms with Crippen molar-refractivity contribution in [2.45, 2.75) is 0 Å². The van der Waals surface area contributed by atoms with Gasteiger partial charge >= 0.3 is 0 Å². The summed E-state index contributed by atoms with van der Waals surface area (Å²) < 4.78 is 0. The van der Waals surface area contributed by atoms with E-state index in [1.54, 1.807) is 0 Å². The molecule has 0 aromatic heterocycles. The summed E-state index contributed by atoms with van der Waals surface area (Å²) >= 11 is 0. The van der Waals surface area contributed by atoms with E-state index in [0.717, 1.165) is 0 Å². The SMILES string of the molecule is O.O.O.O.O.O.O.O.O.O.O.O.O.O.O.O.O.O.O.O.O.O.O.O.O.O.O.O.O.O.O.O.O.O.O.O.O.O.O.O.[W].[W].[W].[W].[W].[W].[W].[W].[W].[W].[W].[W].[Zn]. The topological polar surface area (TPSA) is 1260 Å². The van der Waals surface area contributed by atoms with Crippen LogP contribution in [-0.4, -0.2) is 219 Å². The van der Waals surface area contributed by atoms with Crippen molar-refractivity contribution >= 4 is 0 Å². The van der Waals surface area contributed by atoms with Crippen LogP contribution in [0.5, 0.6) is 0 Å². The zero-order valence-corrected chi connectivity index (χ0v) is 63.8. The molecular weight excluding hydrogens is 2910 g/mol. The van der Waals surface area contributed by atoms with Gasteiger partial charge in [-0.25, -0.2) is 0 Å². The second kappa shape index (κ2) is 3800. The van der Waals surface area contributed by atoms with Gasteiger partial charge < -0.3 is 219 Å². The Labute approximate surface area is 484 Å². The molecule has 0 aliphatic carbocycles. The molecule has 53 heavy (non-hydrogen) atoms. The average Bonchev–Trinajstić information content (AvgIpc) is 0. The van der Waals surface area contributed by atoms with Gasteiger partial charge in [-0.05, 0) is 0 Å². The Morgan fingerprint density at radius 2 is 0.0566 bits per heavy atom. The molecule has 0 fully saturated rings. The fraction of sp³-hybridized carbons (Fsp3) is 0. The van der Waals surface area contributed by atoms with Crippen LogP contribution in [-0.2, 0) is 272 Å². The van der Waals surface area contributed by atoms with Crippen LogP contribution >= 0.6 is 0 Å². The zero-order valence-electron chi connectivity index (χ0n) is 25.6. The van der Waals surface area contributed by atoms with Crippen LogP contribution in [0.1, 0.15) is 0 Å². The summed E-state index contributed by atoms with van der Waals surface area (Å²) in [5, 5.41) is 0. The second-order valence-electron chi connectivity index (χ2n) is 0. The molecule has 0 aromatic carbocycles. The van der Waals surface area contributed by atoms with Crippen molar-refractivity contribution in [3.8, 4) is 0 Å². The zero-order chi connectivity index (χ0) is 0. The first-order chi connectivity index (χ1) is 0. The van der Waals surface area contributed by atoms with Gasteiger partial charge in [0.15, 0.2) is 0 Å². The fourth-order valence-electron chi connectivity index (χ4n) is 0. The quantitative estimate of drug-likeness (QED) is 0.204. The molecule has 394 valence electrons. The van der Waals surface area contributed by atoms with Crippen molar-refractivity contribution in [1.29, 1.82) is 0 Å². The van der Waals surface area contributed by atoms with Gasteiger partial charge in [-0.2, -0.15) is 0 Å². The molecule has 0 aliphatic heterocycles. The van der Waals surface area contributed by atoms with E-state index in [2.05, 4.69) is 0 Å². The minimum absolute atomic E-state index is 0. The molecule has 0 saturated carbocycles. The van der Waals surface area contributed by atoms with Gasteiger partial charge in [0.1, 0.15) is 0 Å². The van der Waals surface area contributed by atoms with E-state index in [-0.39, 0.29) is 491 Å². The maximum absolute atomic E-state index is 0. The summed E-state index contributed by atoms with van der Waals surface area (Å²) in [6.45, 7) is 0. The van der Waals surface area contributed by atoms with E-state index >= 15 is 0 Å². The van der Waals surface area contributed by atoms with Gasteiger partial charge in [0.05, 0.1) is 0 Å². The van der Waals surface area contributed by atoms with Crippen molar-refractivity contribution < 1.29 is 491 Å². The van der Waals surface area contributed by atoms with Gasteiger partial charge in [-0.15, -0.1) is 0 Å². The Balaban J connectivity index is 0. The van der Waals surface area contributed by atoms with Crippen LogP contribution in [0.25, 0.3) is 0 Å². The molecule has 0 bridgehead atoms. The van der Waals surface area contributed by atoms with Gasteiger partial charge in [0.2, 0.25) is 0 Å². The van der Waals surface area contributed by atoms with Crippen molar-refractivity contribution in [2.24, 2.45) is 0 Å². The van der Waals surface area contributed by atoms with Crippen LogP contribution < -0.4 is 0 Å². The predicted octanol–water partition coefficient (Wildman–Crippen LogP) is -33.0. The van der Waals surface area contributed by atoms with Crippen LogP contribution in [0, 0.1) is 0 Å². The molecule has 0 aromatic rings. The average molecular weight is 2990 g/mol. The molecular formula is H80O40W12Zn. The number of hydrogen-bond acceptors (Lipinski definition) is 0. The molecule has 0 heterocycles.